The summed E-state index contributed by atoms with van der Waals surface area (Å²) in [7, 11) is 0. The fourth-order valence-corrected chi connectivity index (χ4v) is 3.45. The highest BCUT2D eigenvalue weighted by atomic mass is 79.9. The number of rotatable bonds is 3. The van der Waals surface area contributed by atoms with Gasteiger partial charge >= 0.3 is 0 Å². The zero-order valence-electron chi connectivity index (χ0n) is 11.0. The molecule has 0 aliphatic heterocycles. The standard InChI is InChI=1S/C17H16BrFO/c18-13-7-8-15(19)14(11-13)16(20)17(9-4-10-17)12-5-2-1-3-6-12/h1-3,5-8,11,16,20H,4,9-10H2. The molecule has 1 N–H and O–H groups in total. The summed E-state index contributed by atoms with van der Waals surface area (Å²) in [4.78, 5) is 0. The number of aliphatic hydroxyl groups excluding tert-OH is 1. The van der Waals surface area contributed by atoms with Gasteiger partial charge in [0.2, 0.25) is 0 Å². The number of hydrogen-bond acceptors (Lipinski definition) is 1. The lowest BCUT2D eigenvalue weighted by molar-refractivity contribution is 0.0243. The number of hydrogen-bond donors (Lipinski definition) is 1. The molecule has 0 bridgehead atoms. The molecule has 1 aliphatic rings. The molecule has 20 heavy (non-hydrogen) atoms. The van der Waals surface area contributed by atoms with Gasteiger partial charge in [-0.1, -0.05) is 52.7 Å². The van der Waals surface area contributed by atoms with Gasteiger partial charge in [0, 0.05) is 15.5 Å². The molecule has 1 fully saturated rings. The smallest absolute Gasteiger partial charge is 0.129 e. The van der Waals surface area contributed by atoms with Crippen LogP contribution >= 0.6 is 15.9 Å². The van der Waals surface area contributed by atoms with Gasteiger partial charge < -0.3 is 5.11 Å². The van der Waals surface area contributed by atoms with Crippen molar-refractivity contribution in [2.24, 2.45) is 0 Å². The van der Waals surface area contributed by atoms with Gasteiger partial charge in [-0.25, -0.2) is 4.39 Å². The summed E-state index contributed by atoms with van der Waals surface area (Å²) >= 11 is 3.35. The van der Waals surface area contributed by atoms with Gasteiger partial charge in [0.25, 0.3) is 0 Å². The largest absolute Gasteiger partial charge is 0.387 e. The maximum atomic E-state index is 14.0. The minimum Gasteiger partial charge on any atom is -0.387 e. The fourth-order valence-electron chi connectivity index (χ4n) is 3.07. The van der Waals surface area contributed by atoms with E-state index in [1.54, 1.807) is 12.1 Å². The lowest BCUT2D eigenvalue weighted by Gasteiger charge is -2.46. The zero-order valence-corrected chi connectivity index (χ0v) is 12.6. The van der Waals surface area contributed by atoms with Crippen LogP contribution in [0.15, 0.2) is 53.0 Å². The van der Waals surface area contributed by atoms with Crippen LogP contribution in [-0.4, -0.2) is 5.11 Å². The first-order valence-corrected chi connectivity index (χ1v) is 7.61. The van der Waals surface area contributed by atoms with Crippen LogP contribution in [0.4, 0.5) is 4.39 Å². The molecule has 3 heteroatoms. The molecule has 104 valence electrons. The minimum absolute atomic E-state index is 0.344. The van der Waals surface area contributed by atoms with Crippen molar-refractivity contribution in [3.05, 3.63) is 69.9 Å². The normalized spacial score (nSPS) is 18.4. The lowest BCUT2D eigenvalue weighted by atomic mass is 9.60. The average molecular weight is 335 g/mol. The summed E-state index contributed by atoms with van der Waals surface area (Å²) in [5, 5.41) is 10.8. The van der Waals surface area contributed by atoms with E-state index in [1.165, 1.54) is 6.07 Å². The molecule has 1 aliphatic carbocycles. The van der Waals surface area contributed by atoms with Crippen LogP contribution in [0.5, 0.6) is 0 Å². The maximum Gasteiger partial charge on any atom is 0.129 e. The van der Waals surface area contributed by atoms with Crippen molar-refractivity contribution in [2.45, 2.75) is 30.8 Å². The van der Waals surface area contributed by atoms with E-state index in [2.05, 4.69) is 15.9 Å². The highest BCUT2D eigenvalue weighted by molar-refractivity contribution is 9.10. The Morgan fingerprint density at radius 3 is 2.40 bits per heavy atom. The molecule has 0 spiro atoms. The number of aliphatic hydroxyl groups is 1. The van der Waals surface area contributed by atoms with Gasteiger partial charge in [-0.05, 0) is 36.6 Å². The van der Waals surface area contributed by atoms with Crippen LogP contribution in [-0.2, 0) is 5.41 Å². The van der Waals surface area contributed by atoms with Crippen molar-refractivity contribution < 1.29 is 9.50 Å². The van der Waals surface area contributed by atoms with Gasteiger partial charge in [0.15, 0.2) is 0 Å². The van der Waals surface area contributed by atoms with Gasteiger partial charge in [-0.15, -0.1) is 0 Å². The second-order valence-electron chi connectivity index (χ2n) is 5.44. The summed E-state index contributed by atoms with van der Waals surface area (Å²) in [6, 6.07) is 14.7. The van der Waals surface area contributed by atoms with E-state index >= 15 is 0 Å². The highest BCUT2D eigenvalue weighted by Gasteiger charge is 2.46. The topological polar surface area (TPSA) is 20.2 Å². The lowest BCUT2D eigenvalue weighted by Crippen LogP contribution is -2.40. The summed E-state index contributed by atoms with van der Waals surface area (Å²) in [6.07, 6.45) is 2.05. The number of benzene rings is 2. The van der Waals surface area contributed by atoms with E-state index in [9.17, 15) is 9.50 Å². The highest BCUT2D eigenvalue weighted by Crippen LogP contribution is 2.52. The van der Waals surface area contributed by atoms with Crippen molar-refractivity contribution in [3.63, 3.8) is 0 Å². The van der Waals surface area contributed by atoms with Crippen LogP contribution in [0.25, 0.3) is 0 Å². The Bertz CT molecular complexity index is 608. The summed E-state index contributed by atoms with van der Waals surface area (Å²) in [6.45, 7) is 0. The maximum absolute atomic E-state index is 14.0. The first-order valence-electron chi connectivity index (χ1n) is 6.82. The summed E-state index contributed by atoms with van der Waals surface area (Å²) < 4.78 is 14.8. The Hall–Kier alpha value is -1.19. The minimum atomic E-state index is -0.809. The first kappa shape index (κ1) is 13.8. The molecule has 0 radical (unpaired) electrons. The van der Waals surface area contributed by atoms with E-state index in [4.69, 9.17) is 0 Å². The SMILES string of the molecule is OC(c1cc(Br)ccc1F)C1(c2ccccc2)CCC1. The molecular formula is C17H16BrFO. The third-order valence-corrected chi connectivity index (χ3v) is 4.86. The van der Waals surface area contributed by atoms with Crippen LogP contribution in [0.2, 0.25) is 0 Å². The second kappa shape index (κ2) is 5.30. The Balaban J connectivity index is 2.03. The quantitative estimate of drug-likeness (QED) is 0.859. The van der Waals surface area contributed by atoms with Gasteiger partial charge in [-0.3, -0.25) is 0 Å². The molecule has 1 unspecified atom stereocenters. The Kier molecular flexibility index (Phi) is 3.65. The van der Waals surface area contributed by atoms with Crippen LogP contribution in [0.1, 0.15) is 36.5 Å². The Morgan fingerprint density at radius 2 is 1.80 bits per heavy atom. The van der Waals surface area contributed by atoms with Crippen molar-refractivity contribution in [1.29, 1.82) is 0 Å². The van der Waals surface area contributed by atoms with Gasteiger partial charge in [-0.2, -0.15) is 0 Å². The second-order valence-corrected chi connectivity index (χ2v) is 6.36. The van der Waals surface area contributed by atoms with Gasteiger partial charge in [0.05, 0.1) is 6.10 Å². The van der Waals surface area contributed by atoms with E-state index in [-0.39, 0.29) is 11.2 Å². The molecule has 0 saturated heterocycles. The molecular weight excluding hydrogens is 319 g/mol. The molecule has 1 nitrogen and oxygen atoms in total. The van der Waals surface area contributed by atoms with Crippen molar-refractivity contribution in [1.82, 2.24) is 0 Å². The van der Waals surface area contributed by atoms with Gasteiger partial charge in [0.1, 0.15) is 5.82 Å². The molecule has 2 aromatic carbocycles. The Labute approximate surface area is 126 Å². The molecule has 0 heterocycles. The van der Waals surface area contributed by atoms with E-state index in [0.29, 0.717) is 5.56 Å². The van der Waals surface area contributed by atoms with Crippen molar-refractivity contribution >= 4 is 15.9 Å². The molecule has 3 rings (SSSR count). The predicted octanol–water partition coefficient (Wildman–Crippen LogP) is 4.74. The molecule has 1 atom stereocenters. The summed E-state index contributed by atoms with van der Waals surface area (Å²) in [5.41, 5.74) is 1.13. The molecule has 1 saturated carbocycles. The molecule has 0 aromatic heterocycles. The molecule has 2 aromatic rings. The number of halogens is 2. The Morgan fingerprint density at radius 1 is 1.10 bits per heavy atom. The first-order chi connectivity index (χ1) is 9.63. The molecule has 0 amide bonds. The fraction of sp³-hybridized carbons (Fsp3) is 0.294. The zero-order chi connectivity index (χ0) is 14.2. The third kappa shape index (κ3) is 2.19. The van der Waals surface area contributed by atoms with E-state index in [0.717, 1.165) is 29.3 Å². The monoisotopic (exact) mass is 334 g/mol. The van der Waals surface area contributed by atoms with Crippen molar-refractivity contribution in [2.75, 3.05) is 0 Å². The van der Waals surface area contributed by atoms with E-state index < -0.39 is 6.10 Å². The average Bonchev–Trinajstić information content (AvgIpc) is 2.41. The summed E-state index contributed by atoms with van der Waals surface area (Å²) in [5.74, 6) is -0.345. The van der Waals surface area contributed by atoms with Crippen LogP contribution in [0.3, 0.4) is 0 Å². The van der Waals surface area contributed by atoms with Crippen LogP contribution in [0, 0.1) is 5.82 Å². The third-order valence-electron chi connectivity index (χ3n) is 4.37. The van der Waals surface area contributed by atoms with Crippen molar-refractivity contribution in [3.8, 4) is 0 Å². The predicted molar refractivity (Wildman–Crippen MR) is 81.0 cm³/mol. The van der Waals surface area contributed by atoms with E-state index in [1.807, 2.05) is 30.3 Å². The van der Waals surface area contributed by atoms with Crippen LogP contribution < -0.4 is 0 Å².